The van der Waals surface area contributed by atoms with Crippen molar-refractivity contribution in [2.75, 3.05) is 0 Å². The van der Waals surface area contributed by atoms with Crippen LogP contribution in [0.2, 0.25) is 0 Å². The van der Waals surface area contributed by atoms with Gasteiger partial charge in [-0.2, -0.15) is 0 Å². The Kier molecular flexibility index (Phi) is 7.58. The molecule has 1 heterocycles. The second-order valence-electron chi connectivity index (χ2n) is 6.51. The fraction of sp³-hybridized carbons (Fsp3) is 0.350. The van der Waals surface area contributed by atoms with E-state index in [4.69, 9.17) is 0 Å². The lowest BCUT2D eigenvalue weighted by Gasteiger charge is -2.27. The van der Waals surface area contributed by atoms with Crippen molar-refractivity contribution >= 4 is 8.58 Å². The predicted octanol–water partition coefficient (Wildman–Crippen LogP) is 6.37. The molecule has 0 aliphatic carbocycles. The Labute approximate surface area is 141 Å². The van der Waals surface area contributed by atoms with Crippen molar-refractivity contribution in [2.24, 2.45) is 0 Å². The molecule has 23 heavy (non-hydrogen) atoms. The first-order valence-electron chi connectivity index (χ1n) is 7.79. The zero-order chi connectivity index (χ0) is 17.5. The Morgan fingerprint density at radius 2 is 2.00 bits per heavy atom. The number of aromatic nitrogens is 1. The molecule has 2 unspecified atom stereocenters. The van der Waals surface area contributed by atoms with Gasteiger partial charge in [0, 0.05) is 5.66 Å². The maximum atomic E-state index is 13.2. The molecule has 1 nitrogen and oxygen atoms in total. The second-order valence-corrected chi connectivity index (χ2v) is 8.88. The summed E-state index contributed by atoms with van der Waals surface area (Å²) in [5.74, 6) is -0.300. The maximum Gasteiger partial charge on any atom is 0.141 e. The standard InChI is InChI=1S/C20H27FNP/c1-7-9-16(11-10-15(3)8-2)19(23-20(4,5)6)18-13-12-17(21)14-22-18/h7-14,19,23H,2H2,1,3-6H3/b9-7-,15-10-,16-11+. The molecule has 124 valence electrons. The van der Waals surface area contributed by atoms with Crippen LogP contribution in [0.5, 0.6) is 0 Å². The van der Waals surface area contributed by atoms with Crippen LogP contribution >= 0.6 is 8.58 Å². The van der Waals surface area contributed by atoms with Crippen molar-refractivity contribution < 1.29 is 4.39 Å². The van der Waals surface area contributed by atoms with Gasteiger partial charge in [-0.3, -0.25) is 4.98 Å². The molecule has 0 fully saturated rings. The number of allylic oxidation sites excluding steroid dienone is 7. The van der Waals surface area contributed by atoms with E-state index < -0.39 is 0 Å². The van der Waals surface area contributed by atoms with Crippen LogP contribution in [0.1, 0.15) is 46.0 Å². The third-order valence-electron chi connectivity index (χ3n) is 3.18. The van der Waals surface area contributed by atoms with Crippen molar-refractivity contribution in [1.29, 1.82) is 0 Å². The zero-order valence-electron chi connectivity index (χ0n) is 14.7. The zero-order valence-corrected chi connectivity index (χ0v) is 15.7. The van der Waals surface area contributed by atoms with E-state index in [1.54, 1.807) is 6.07 Å². The quantitative estimate of drug-likeness (QED) is 0.436. The van der Waals surface area contributed by atoms with Crippen LogP contribution in [0.25, 0.3) is 0 Å². The number of hydrogen-bond donors (Lipinski definition) is 0. The van der Waals surface area contributed by atoms with Gasteiger partial charge in [-0.25, -0.2) is 4.39 Å². The van der Waals surface area contributed by atoms with Crippen LogP contribution in [0, 0.1) is 5.82 Å². The van der Waals surface area contributed by atoms with Crippen molar-refractivity contribution in [2.45, 2.75) is 45.4 Å². The minimum atomic E-state index is -0.300. The molecule has 1 rings (SSSR count). The lowest BCUT2D eigenvalue weighted by molar-refractivity contribution is 0.619. The first kappa shape index (κ1) is 19.5. The highest BCUT2D eigenvalue weighted by atomic mass is 31.1. The average Bonchev–Trinajstić information content (AvgIpc) is 2.49. The Bertz CT molecular complexity index is 604. The van der Waals surface area contributed by atoms with E-state index in [1.165, 1.54) is 17.8 Å². The van der Waals surface area contributed by atoms with E-state index in [-0.39, 0.29) is 16.6 Å². The average molecular weight is 331 g/mol. The van der Waals surface area contributed by atoms with Crippen molar-refractivity contribution in [1.82, 2.24) is 4.98 Å². The van der Waals surface area contributed by atoms with Crippen LogP contribution in [-0.4, -0.2) is 10.1 Å². The smallest absolute Gasteiger partial charge is 0.141 e. The number of rotatable bonds is 6. The van der Waals surface area contributed by atoms with E-state index >= 15 is 0 Å². The lowest BCUT2D eigenvalue weighted by Crippen LogP contribution is -2.11. The molecule has 0 bridgehead atoms. The predicted molar refractivity (Wildman–Crippen MR) is 102 cm³/mol. The van der Waals surface area contributed by atoms with Gasteiger partial charge in [0.05, 0.1) is 11.9 Å². The van der Waals surface area contributed by atoms with Crippen LogP contribution in [0.3, 0.4) is 0 Å². The van der Waals surface area contributed by atoms with Gasteiger partial charge in [0.2, 0.25) is 0 Å². The molecule has 0 aliphatic rings. The van der Waals surface area contributed by atoms with Gasteiger partial charge in [0.1, 0.15) is 5.82 Å². The summed E-state index contributed by atoms with van der Waals surface area (Å²) in [5, 5.41) is 0.165. The third kappa shape index (κ3) is 7.05. The molecule has 3 heteroatoms. The number of pyridine rings is 1. The van der Waals surface area contributed by atoms with Crippen molar-refractivity contribution in [3.63, 3.8) is 0 Å². The summed E-state index contributed by atoms with van der Waals surface area (Å²) in [6, 6.07) is 3.28. The molecule has 1 aromatic rings. The van der Waals surface area contributed by atoms with E-state index in [2.05, 4.69) is 50.6 Å². The van der Waals surface area contributed by atoms with Gasteiger partial charge in [-0.05, 0) is 36.7 Å². The Hall–Kier alpha value is -1.53. The molecule has 0 spiro atoms. The highest BCUT2D eigenvalue weighted by Gasteiger charge is 2.23. The molecule has 0 saturated heterocycles. The van der Waals surface area contributed by atoms with Crippen LogP contribution in [0.4, 0.5) is 4.39 Å². The summed E-state index contributed by atoms with van der Waals surface area (Å²) >= 11 is 0. The van der Waals surface area contributed by atoms with Gasteiger partial charge in [0.15, 0.2) is 0 Å². The summed E-state index contributed by atoms with van der Waals surface area (Å²) in [7, 11) is 0.642. The van der Waals surface area contributed by atoms with E-state index in [1.807, 2.05) is 26.0 Å². The largest absolute Gasteiger partial charge is 0.257 e. The van der Waals surface area contributed by atoms with Crippen LogP contribution < -0.4 is 0 Å². The monoisotopic (exact) mass is 331 g/mol. The third-order valence-corrected chi connectivity index (χ3v) is 4.96. The molecular formula is C20H27FNP. The van der Waals surface area contributed by atoms with Crippen molar-refractivity contribution in [3.8, 4) is 0 Å². The minimum Gasteiger partial charge on any atom is -0.257 e. The molecule has 0 radical (unpaired) electrons. The highest BCUT2D eigenvalue weighted by molar-refractivity contribution is 7.40. The highest BCUT2D eigenvalue weighted by Crippen LogP contribution is 2.48. The Morgan fingerprint density at radius 3 is 2.48 bits per heavy atom. The molecule has 0 saturated carbocycles. The molecule has 0 N–H and O–H groups in total. The van der Waals surface area contributed by atoms with Gasteiger partial charge >= 0.3 is 0 Å². The Morgan fingerprint density at radius 1 is 1.30 bits per heavy atom. The van der Waals surface area contributed by atoms with Gasteiger partial charge in [-0.1, -0.05) is 63.3 Å². The fourth-order valence-corrected chi connectivity index (χ4v) is 3.60. The molecular weight excluding hydrogens is 304 g/mol. The second kappa shape index (κ2) is 8.93. The molecule has 0 aromatic carbocycles. The summed E-state index contributed by atoms with van der Waals surface area (Å²) in [6.07, 6.45) is 11.5. The molecule has 1 aromatic heterocycles. The maximum absolute atomic E-state index is 13.2. The normalized spacial score (nSPS) is 15.6. The Balaban J connectivity index is 3.33. The minimum absolute atomic E-state index is 0.153. The molecule has 2 atom stereocenters. The first-order chi connectivity index (χ1) is 10.8. The topological polar surface area (TPSA) is 12.9 Å². The fourth-order valence-electron chi connectivity index (χ4n) is 2.06. The van der Waals surface area contributed by atoms with Gasteiger partial charge in [0.25, 0.3) is 0 Å². The summed E-state index contributed by atoms with van der Waals surface area (Å²) < 4.78 is 13.2. The number of hydrogen-bond acceptors (Lipinski definition) is 1. The van der Waals surface area contributed by atoms with Crippen LogP contribution in [-0.2, 0) is 0 Å². The van der Waals surface area contributed by atoms with Gasteiger partial charge < -0.3 is 0 Å². The number of halogens is 1. The summed E-state index contributed by atoms with van der Waals surface area (Å²) in [5.41, 5.74) is 3.35. The lowest BCUT2D eigenvalue weighted by atomic mass is 10.1. The molecule has 0 amide bonds. The van der Waals surface area contributed by atoms with E-state index in [9.17, 15) is 4.39 Å². The number of nitrogens with zero attached hydrogens (tertiary/aromatic N) is 1. The van der Waals surface area contributed by atoms with Crippen LogP contribution in [0.15, 0.2) is 66.4 Å². The van der Waals surface area contributed by atoms with Crippen molar-refractivity contribution in [3.05, 3.63) is 77.9 Å². The van der Waals surface area contributed by atoms with Gasteiger partial charge in [-0.15, -0.1) is 8.58 Å². The summed E-state index contributed by atoms with van der Waals surface area (Å²) in [6.45, 7) is 14.5. The SMILES string of the molecule is C=C\C(C)=C/C=C(\C=C/C)C(PC(C)(C)C)c1ccc(F)cn1. The molecule has 0 aliphatic heterocycles. The first-order valence-corrected chi connectivity index (χ1v) is 8.87. The van der Waals surface area contributed by atoms with E-state index in [0.717, 1.165) is 11.3 Å². The summed E-state index contributed by atoms with van der Waals surface area (Å²) in [4.78, 5) is 4.33. The van der Waals surface area contributed by atoms with E-state index in [0.29, 0.717) is 8.58 Å².